The van der Waals surface area contributed by atoms with E-state index in [0.29, 0.717) is 6.61 Å². The van der Waals surface area contributed by atoms with Gasteiger partial charge in [0.05, 0.1) is 22.0 Å². The maximum absolute atomic E-state index is 6.25. The van der Waals surface area contributed by atoms with Gasteiger partial charge in [-0.1, -0.05) is 13.8 Å². The van der Waals surface area contributed by atoms with E-state index in [1.807, 2.05) is 18.7 Å². The van der Waals surface area contributed by atoms with Crippen LogP contribution in [0.25, 0.3) is 0 Å². The molecule has 1 aromatic rings. The number of halogens is 1. The number of hydrogen-bond acceptors (Lipinski definition) is 3. The van der Waals surface area contributed by atoms with E-state index < -0.39 is 0 Å². The molecule has 2 N–H and O–H groups in total. The zero-order chi connectivity index (χ0) is 13.7. The number of ether oxygens (including phenoxy) is 1. The Morgan fingerprint density at radius 3 is 2.50 bits per heavy atom. The molecule has 0 amide bonds. The zero-order valence-electron chi connectivity index (χ0n) is 11.7. The van der Waals surface area contributed by atoms with E-state index in [4.69, 9.17) is 10.5 Å². The first-order valence-corrected chi connectivity index (χ1v) is 7.41. The fraction of sp³-hybridized carbons (Fsp3) is 0.769. The Hall–Kier alpha value is -0.390. The standard InChI is InChI=1S/C13H24BrN3O/c1-5-10-13(14)11(17(4)16-10)8-9(15)12(6-2)18-7-3/h9,12H,5-8,15H2,1-4H3. The van der Waals surface area contributed by atoms with Crippen LogP contribution in [-0.2, 0) is 24.6 Å². The van der Waals surface area contributed by atoms with Crippen LogP contribution in [0.5, 0.6) is 0 Å². The summed E-state index contributed by atoms with van der Waals surface area (Å²) in [6.07, 6.45) is 2.75. The van der Waals surface area contributed by atoms with Gasteiger partial charge in [0.25, 0.3) is 0 Å². The molecule has 0 bridgehead atoms. The molecule has 0 aliphatic heterocycles. The molecule has 0 aromatic carbocycles. The third kappa shape index (κ3) is 3.56. The van der Waals surface area contributed by atoms with Crippen LogP contribution < -0.4 is 5.73 Å². The molecule has 0 saturated carbocycles. The van der Waals surface area contributed by atoms with Crippen LogP contribution in [0.2, 0.25) is 0 Å². The Balaban J connectivity index is 2.80. The van der Waals surface area contributed by atoms with Gasteiger partial charge >= 0.3 is 0 Å². The minimum Gasteiger partial charge on any atom is -0.377 e. The van der Waals surface area contributed by atoms with Gasteiger partial charge in [-0.2, -0.15) is 5.10 Å². The quantitative estimate of drug-likeness (QED) is 0.840. The lowest BCUT2D eigenvalue weighted by Crippen LogP contribution is -2.38. The second-order valence-electron chi connectivity index (χ2n) is 4.45. The minimum absolute atomic E-state index is 0.00589. The number of nitrogens with zero attached hydrogens (tertiary/aromatic N) is 2. The molecule has 2 unspecified atom stereocenters. The summed E-state index contributed by atoms with van der Waals surface area (Å²) in [4.78, 5) is 0. The summed E-state index contributed by atoms with van der Waals surface area (Å²) >= 11 is 3.62. The molecule has 0 saturated heterocycles. The highest BCUT2D eigenvalue weighted by Gasteiger charge is 2.21. The Morgan fingerprint density at radius 1 is 1.39 bits per heavy atom. The molecule has 1 heterocycles. The Labute approximate surface area is 118 Å². The molecule has 1 rings (SSSR count). The Bertz CT molecular complexity index is 379. The zero-order valence-corrected chi connectivity index (χ0v) is 13.3. The van der Waals surface area contributed by atoms with E-state index in [2.05, 4.69) is 34.9 Å². The van der Waals surface area contributed by atoms with Gasteiger partial charge in [0, 0.05) is 26.1 Å². The van der Waals surface area contributed by atoms with Crippen LogP contribution in [-0.4, -0.2) is 28.5 Å². The first kappa shape index (κ1) is 15.7. The smallest absolute Gasteiger partial charge is 0.0766 e. The number of aromatic nitrogens is 2. The molecule has 5 heteroatoms. The van der Waals surface area contributed by atoms with E-state index in [1.54, 1.807) is 0 Å². The van der Waals surface area contributed by atoms with Gasteiger partial charge in [0.1, 0.15) is 0 Å². The van der Waals surface area contributed by atoms with Gasteiger partial charge < -0.3 is 10.5 Å². The first-order chi connectivity index (χ1) is 8.54. The van der Waals surface area contributed by atoms with Gasteiger partial charge in [-0.05, 0) is 35.7 Å². The lowest BCUT2D eigenvalue weighted by atomic mass is 10.0. The van der Waals surface area contributed by atoms with Crippen molar-refractivity contribution in [1.29, 1.82) is 0 Å². The minimum atomic E-state index is 0.00589. The molecule has 4 nitrogen and oxygen atoms in total. The van der Waals surface area contributed by atoms with Gasteiger partial charge in [0.15, 0.2) is 0 Å². The molecule has 0 aliphatic carbocycles. The van der Waals surface area contributed by atoms with Crippen molar-refractivity contribution >= 4 is 15.9 Å². The highest BCUT2D eigenvalue weighted by molar-refractivity contribution is 9.10. The van der Waals surface area contributed by atoms with Crippen LogP contribution in [0.4, 0.5) is 0 Å². The molecule has 104 valence electrons. The van der Waals surface area contributed by atoms with E-state index in [-0.39, 0.29) is 12.1 Å². The molecule has 0 aliphatic rings. The van der Waals surface area contributed by atoms with Gasteiger partial charge in [-0.3, -0.25) is 4.68 Å². The van der Waals surface area contributed by atoms with Crippen molar-refractivity contribution in [2.45, 2.75) is 52.2 Å². The number of aryl methyl sites for hydroxylation is 2. The second kappa shape index (κ2) is 7.26. The van der Waals surface area contributed by atoms with E-state index in [1.165, 1.54) is 0 Å². The van der Waals surface area contributed by atoms with Gasteiger partial charge in [0.2, 0.25) is 0 Å². The molecule has 0 radical (unpaired) electrons. The monoisotopic (exact) mass is 317 g/mol. The topological polar surface area (TPSA) is 53.1 Å². The van der Waals surface area contributed by atoms with E-state index in [9.17, 15) is 0 Å². The van der Waals surface area contributed by atoms with Crippen molar-refractivity contribution in [2.24, 2.45) is 12.8 Å². The summed E-state index contributed by atoms with van der Waals surface area (Å²) in [5.74, 6) is 0. The molecule has 0 spiro atoms. The van der Waals surface area contributed by atoms with Crippen LogP contribution in [0.15, 0.2) is 4.47 Å². The average molecular weight is 318 g/mol. The number of hydrogen-bond donors (Lipinski definition) is 1. The lowest BCUT2D eigenvalue weighted by Gasteiger charge is -2.22. The summed E-state index contributed by atoms with van der Waals surface area (Å²) in [6, 6.07) is 0.00589. The van der Waals surface area contributed by atoms with Crippen molar-refractivity contribution in [2.75, 3.05) is 6.61 Å². The summed E-state index contributed by atoms with van der Waals surface area (Å²) in [7, 11) is 1.97. The molecular formula is C13H24BrN3O. The number of nitrogens with two attached hydrogens (primary N) is 1. The molecular weight excluding hydrogens is 294 g/mol. The Morgan fingerprint density at radius 2 is 2.06 bits per heavy atom. The third-order valence-electron chi connectivity index (χ3n) is 3.19. The van der Waals surface area contributed by atoms with Crippen molar-refractivity contribution in [3.05, 3.63) is 15.9 Å². The second-order valence-corrected chi connectivity index (χ2v) is 5.25. The summed E-state index contributed by atoms with van der Waals surface area (Å²) in [5, 5.41) is 4.49. The lowest BCUT2D eigenvalue weighted by molar-refractivity contribution is 0.0413. The molecule has 0 fully saturated rings. The third-order valence-corrected chi connectivity index (χ3v) is 4.11. The largest absolute Gasteiger partial charge is 0.377 e. The maximum atomic E-state index is 6.25. The van der Waals surface area contributed by atoms with Crippen molar-refractivity contribution in [3.63, 3.8) is 0 Å². The summed E-state index contributed by atoms with van der Waals surface area (Å²) in [6.45, 7) is 6.92. The highest BCUT2D eigenvalue weighted by Crippen LogP contribution is 2.23. The summed E-state index contributed by atoms with van der Waals surface area (Å²) in [5.41, 5.74) is 8.49. The molecule has 18 heavy (non-hydrogen) atoms. The van der Waals surface area contributed by atoms with Crippen LogP contribution in [0.3, 0.4) is 0 Å². The predicted molar refractivity (Wildman–Crippen MR) is 77.7 cm³/mol. The average Bonchev–Trinajstić information content (AvgIpc) is 2.63. The predicted octanol–water partition coefficient (Wildman–Crippen LogP) is 2.43. The SMILES string of the molecule is CCOC(CC)C(N)Cc1c(Br)c(CC)nn1C. The van der Waals surface area contributed by atoms with Gasteiger partial charge in [-0.15, -0.1) is 0 Å². The Kier molecular flexibility index (Phi) is 6.32. The first-order valence-electron chi connectivity index (χ1n) is 6.62. The van der Waals surface area contributed by atoms with E-state index >= 15 is 0 Å². The van der Waals surface area contributed by atoms with Crippen LogP contribution >= 0.6 is 15.9 Å². The van der Waals surface area contributed by atoms with Crippen molar-refractivity contribution < 1.29 is 4.74 Å². The summed E-state index contributed by atoms with van der Waals surface area (Å²) < 4.78 is 8.68. The van der Waals surface area contributed by atoms with E-state index in [0.717, 1.165) is 35.1 Å². The molecule has 2 atom stereocenters. The highest BCUT2D eigenvalue weighted by atomic mass is 79.9. The normalized spacial score (nSPS) is 14.8. The fourth-order valence-electron chi connectivity index (χ4n) is 2.15. The van der Waals surface area contributed by atoms with Crippen LogP contribution in [0.1, 0.15) is 38.6 Å². The molecule has 1 aromatic heterocycles. The van der Waals surface area contributed by atoms with Crippen molar-refractivity contribution in [1.82, 2.24) is 9.78 Å². The van der Waals surface area contributed by atoms with Crippen molar-refractivity contribution in [3.8, 4) is 0 Å². The fourth-order valence-corrected chi connectivity index (χ4v) is 2.93. The maximum Gasteiger partial charge on any atom is 0.0766 e. The van der Waals surface area contributed by atoms with Gasteiger partial charge in [-0.25, -0.2) is 0 Å². The van der Waals surface area contributed by atoms with Crippen LogP contribution in [0, 0.1) is 0 Å². The number of rotatable bonds is 7.